The van der Waals surface area contributed by atoms with Crippen molar-refractivity contribution >= 4 is 28.9 Å². The maximum atomic E-state index is 13.4. The fourth-order valence-electron chi connectivity index (χ4n) is 3.82. The quantitative estimate of drug-likeness (QED) is 0.337. The Morgan fingerprint density at radius 3 is 2.19 bits per heavy atom. The third-order valence-electron chi connectivity index (χ3n) is 5.72. The molecule has 2 amide bonds. The van der Waals surface area contributed by atoms with Crippen LogP contribution in [0.1, 0.15) is 21.5 Å². The highest BCUT2D eigenvalue weighted by Crippen LogP contribution is 2.24. The number of carbonyl (C=O) groups excluding carboxylic acids is 2. The van der Waals surface area contributed by atoms with Gasteiger partial charge in [0.25, 0.3) is 11.8 Å². The second kappa shape index (κ2) is 10.6. The van der Waals surface area contributed by atoms with Gasteiger partial charge in [0, 0.05) is 35.8 Å². The van der Waals surface area contributed by atoms with Crippen LogP contribution in [0.2, 0.25) is 0 Å². The van der Waals surface area contributed by atoms with Crippen LogP contribution < -0.4 is 21.2 Å². The second-order valence-electron chi connectivity index (χ2n) is 8.15. The summed E-state index contributed by atoms with van der Waals surface area (Å²) in [5, 5.41) is 8.90. The third kappa shape index (κ3) is 5.13. The van der Waals surface area contributed by atoms with E-state index in [0.29, 0.717) is 23.5 Å². The van der Waals surface area contributed by atoms with Crippen LogP contribution in [0.25, 0.3) is 0 Å². The first-order chi connectivity index (χ1) is 17.7. The average molecular weight is 477 g/mol. The minimum absolute atomic E-state index is 0.203. The van der Waals surface area contributed by atoms with Crippen molar-refractivity contribution in [2.75, 3.05) is 10.4 Å². The minimum atomic E-state index is -0.698. The summed E-state index contributed by atoms with van der Waals surface area (Å²) < 4.78 is 0. The molecule has 8 nitrogen and oxygen atoms in total. The maximum Gasteiger partial charge on any atom is 0.272 e. The van der Waals surface area contributed by atoms with Gasteiger partial charge in [-0.1, -0.05) is 48.5 Å². The molecule has 1 aliphatic rings. The van der Waals surface area contributed by atoms with Gasteiger partial charge in [0.05, 0.1) is 11.4 Å². The molecule has 3 aromatic carbocycles. The van der Waals surface area contributed by atoms with Crippen LogP contribution in [-0.2, 0) is 11.3 Å². The van der Waals surface area contributed by atoms with E-state index in [9.17, 15) is 9.59 Å². The van der Waals surface area contributed by atoms with E-state index in [4.69, 9.17) is 0 Å². The Hall–Kier alpha value is -4.82. The summed E-state index contributed by atoms with van der Waals surface area (Å²) in [7, 11) is 0. The summed E-state index contributed by atoms with van der Waals surface area (Å²) in [4.78, 5) is 30.0. The van der Waals surface area contributed by atoms with E-state index in [1.165, 1.54) is 5.01 Å². The molecule has 0 bridgehead atoms. The van der Waals surface area contributed by atoms with Crippen molar-refractivity contribution < 1.29 is 9.59 Å². The fourth-order valence-corrected chi connectivity index (χ4v) is 3.82. The molecule has 8 heteroatoms. The summed E-state index contributed by atoms with van der Waals surface area (Å²) in [5.74, 6) is -0.432. The first kappa shape index (κ1) is 22.9. The van der Waals surface area contributed by atoms with Gasteiger partial charge in [-0.3, -0.25) is 14.6 Å². The highest BCUT2D eigenvalue weighted by molar-refractivity contribution is 6.24. The van der Waals surface area contributed by atoms with Crippen LogP contribution >= 0.6 is 0 Å². The SMILES string of the molecule is O=C(NCc1ccncc1)c1ccc(N2N=C(c3ccccc3)C(NNc3ccccc3)C2=O)cc1. The molecular formula is C28H24N6O2. The van der Waals surface area contributed by atoms with Gasteiger partial charge in [0.15, 0.2) is 6.04 Å². The Morgan fingerprint density at radius 1 is 0.833 bits per heavy atom. The van der Waals surface area contributed by atoms with Crippen molar-refractivity contribution in [3.63, 3.8) is 0 Å². The zero-order valence-corrected chi connectivity index (χ0v) is 19.3. The molecule has 0 radical (unpaired) electrons. The van der Waals surface area contributed by atoms with Gasteiger partial charge < -0.3 is 10.7 Å². The van der Waals surface area contributed by atoms with Crippen molar-refractivity contribution in [1.29, 1.82) is 0 Å². The molecule has 1 unspecified atom stereocenters. The first-order valence-electron chi connectivity index (χ1n) is 11.5. The number of carbonyl (C=O) groups is 2. The molecule has 0 fully saturated rings. The smallest absolute Gasteiger partial charge is 0.272 e. The molecule has 0 aliphatic carbocycles. The lowest BCUT2D eigenvalue weighted by molar-refractivity contribution is -0.118. The monoisotopic (exact) mass is 476 g/mol. The molecule has 0 saturated heterocycles. The van der Waals surface area contributed by atoms with Crippen molar-refractivity contribution in [2.45, 2.75) is 12.6 Å². The van der Waals surface area contributed by atoms with Crippen LogP contribution in [0, 0.1) is 0 Å². The number of hydrazine groups is 1. The molecule has 4 aromatic rings. The van der Waals surface area contributed by atoms with Gasteiger partial charge in [-0.2, -0.15) is 10.1 Å². The summed E-state index contributed by atoms with van der Waals surface area (Å²) >= 11 is 0. The average Bonchev–Trinajstić information content (AvgIpc) is 3.28. The van der Waals surface area contributed by atoms with Crippen molar-refractivity contribution in [2.24, 2.45) is 5.10 Å². The van der Waals surface area contributed by atoms with E-state index in [1.54, 1.807) is 36.7 Å². The zero-order valence-electron chi connectivity index (χ0n) is 19.3. The molecule has 5 rings (SSSR count). The standard InChI is InChI=1S/C28H24N6O2/c35-27(30-19-20-15-17-29-18-16-20)22-11-13-24(14-12-22)34-28(36)26(32-31-23-9-5-2-6-10-23)25(33-34)21-7-3-1-4-8-21/h1-18,26,31-32H,19H2,(H,30,35). The van der Waals surface area contributed by atoms with Crippen LogP contribution in [0.4, 0.5) is 11.4 Å². The number of nitrogens with one attached hydrogen (secondary N) is 3. The van der Waals surface area contributed by atoms with Crippen molar-refractivity contribution in [3.05, 3.63) is 126 Å². The third-order valence-corrected chi connectivity index (χ3v) is 5.72. The predicted octanol–water partition coefficient (Wildman–Crippen LogP) is 3.75. The van der Waals surface area contributed by atoms with Gasteiger partial charge in [0.1, 0.15) is 0 Å². The minimum Gasteiger partial charge on any atom is -0.348 e. The Kier molecular flexibility index (Phi) is 6.77. The molecule has 1 aromatic heterocycles. The Labute approximate surface area is 208 Å². The number of benzene rings is 3. The molecular weight excluding hydrogens is 452 g/mol. The van der Waals surface area contributed by atoms with E-state index in [1.807, 2.05) is 72.8 Å². The number of nitrogens with zero attached hydrogens (tertiary/aromatic N) is 3. The number of amides is 2. The number of pyridine rings is 1. The van der Waals surface area contributed by atoms with E-state index >= 15 is 0 Å². The Bertz CT molecular complexity index is 1360. The molecule has 2 heterocycles. The van der Waals surface area contributed by atoms with Gasteiger partial charge >= 0.3 is 0 Å². The van der Waals surface area contributed by atoms with E-state index in [2.05, 4.69) is 26.3 Å². The van der Waals surface area contributed by atoms with Crippen molar-refractivity contribution in [3.8, 4) is 0 Å². The fraction of sp³-hybridized carbons (Fsp3) is 0.0714. The molecule has 0 spiro atoms. The number of rotatable bonds is 8. The number of para-hydroxylation sites is 1. The highest BCUT2D eigenvalue weighted by Gasteiger charge is 2.37. The predicted molar refractivity (Wildman–Crippen MR) is 139 cm³/mol. The summed E-state index contributed by atoms with van der Waals surface area (Å²) in [6, 6.07) is 28.9. The lowest BCUT2D eigenvalue weighted by atomic mass is 10.0. The summed E-state index contributed by atoms with van der Waals surface area (Å²) in [6.45, 7) is 0.403. The first-order valence-corrected chi connectivity index (χ1v) is 11.5. The number of aromatic nitrogens is 1. The Morgan fingerprint density at radius 2 is 1.50 bits per heavy atom. The number of hydrazone groups is 1. The number of hydrogen-bond donors (Lipinski definition) is 3. The molecule has 1 aliphatic heterocycles. The van der Waals surface area contributed by atoms with E-state index in [-0.39, 0.29) is 11.8 Å². The van der Waals surface area contributed by atoms with Gasteiger partial charge in [0.2, 0.25) is 0 Å². The normalized spacial score (nSPS) is 14.9. The Balaban J connectivity index is 1.33. The molecule has 1 atom stereocenters. The topological polar surface area (TPSA) is 98.7 Å². The van der Waals surface area contributed by atoms with Gasteiger partial charge in [-0.25, -0.2) is 5.43 Å². The molecule has 0 saturated carbocycles. The molecule has 36 heavy (non-hydrogen) atoms. The van der Waals surface area contributed by atoms with E-state index in [0.717, 1.165) is 16.8 Å². The second-order valence-corrected chi connectivity index (χ2v) is 8.15. The highest BCUT2D eigenvalue weighted by atomic mass is 16.2. The van der Waals surface area contributed by atoms with Gasteiger partial charge in [-0.05, 0) is 54.1 Å². The van der Waals surface area contributed by atoms with Crippen LogP contribution in [0.3, 0.4) is 0 Å². The van der Waals surface area contributed by atoms with Crippen molar-refractivity contribution in [1.82, 2.24) is 15.7 Å². The van der Waals surface area contributed by atoms with Gasteiger partial charge in [-0.15, -0.1) is 0 Å². The maximum absolute atomic E-state index is 13.4. The lowest BCUT2D eigenvalue weighted by Crippen LogP contribution is -2.46. The lowest BCUT2D eigenvalue weighted by Gasteiger charge is -2.17. The summed E-state index contributed by atoms with van der Waals surface area (Å²) in [6.07, 6.45) is 3.37. The van der Waals surface area contributed by atoms with Crippen LogP contribution in [-0.4, -0.2) is 28.6 Å². The largest absolute Gasteiger partial charge is 0.348 e. The molecule has 3 N–H and O–H groups in total. The zero-order chi connectivity index (χ0) is 24.7. The van der Waals surface area contributed by atoms with Crippen LogP contribution in [0.5, 0.6) is 0 Å². The number of hydrogen-bond acceptors (Lipinski definition) is 6. The van der Waals surface area contributed by atoms with Crippen LogP contribution in [0.15, 0.2) is 115 Å². The summed E-state index contributed by atoms with van der Waals surface area (Å²) in [5.41, 5.74) is 10.5. The molecule has 178 valence electrons. The van der Waals surface area contributed by atoms with E-state index < -0.39 is 6.04 Å². The number of anilines is 2.